The van der Waals surface area contributed by atoms with Crippen LogP contribution in [0.25, 0.3) is 0 Å². The summed E-state index contributed by atoms with van der Waals surface area (Å²) in [5, 5.41) is 0. The minimum Gasteiger partial charge on any atom is -0.339 e. The van der Waals surface area contributed by atoms with Crippen molar-refractivity contribution >= 4 is 17.7 Å². The van der Waals surface area contributed by atoms with Crippen molar-refractivity contribution in [1.82, 2.24) is 14.7 Å². The number of nitrogens with zero attached hydrogens (tertiary/aromatic N) is 3. The van der Waals surface area contributed by atoms with E-state index < -0.39 is 11.8 Å². The Kier molecular flexibility index (Phi) is 4.09. The van der Waals surface area contributed by atoms with E-state index >= 15 is 0 Å². The van der Waals surface area contributed by atoms with Gasteiger partial charge in [0.15, 0.2) is 0 Å². The summed E-state index contributed by atoms with van der Waals surface area (Å²) in [4.78, 5) is 45.3. The molecule has 2 saturated heterocycles. The molecule has 2 fully saturated rings. The predicted molar refractivity (Wildman–Crippen MR) is 114 cm³/mol. The van der Waals surface area contributed by atoms with E-state index in [-0.39, 0.29) is 36.1 Å². The van der Waals surface area contributed by atoms with Gasteiger partial charge in [-0.05, 0) is 29.3 Å². The molecule has 3 aliphatic carbocycles. The summed E-state index contributed by atoms with van der Waals surface area (Å²) in [6.45, 7) is 2.77. The number of benzene rings is 2. The van der Waals surface area contributed by atoms with E-state index in [1.807, 2.05) is 31.3 Å². The Morgan fingerprint density at radius 1 is 0.774 bits per heavy atom. The molecule has 31 heavy (non-hydrogen) atoms. The number of likely N-dealkylation sites (tertiary alicyclic amines) is 1. The number of piperazine rings is 1. The predicted octanol–water partition coefficient (Wildman–Crippen LogP) is 1.65. The van der Waals surface area contributed by atoms with Gasteiger partial charge in [0, 0.05) is 38.0 Å². The summed E-state index contributed by atoms with van der Waals surface area (Å²) in [6.07, 6.45) is 0. The van der Waals surface area contributed by atoms with Crippen LogP contribution in [0.5, 0.6) is 0 Å². The molecule has 0 radical (unpaired) electrons. The van der Waals surface area contributed by atoms with Crippen molar-refractivity contribution in [3.8, 4) is 0 Å². The number of hydrogen-bond donors (Lipinski definition) is 0. The van der Waals surface area contributed by atoms with Crippen molar-refractivity contribution < 1.29 is 14.4 Å². The summed E-state index contributed by atoms with van der Waals surface area (Å²) in [7, 11) is 2.03. The lowest BCUT2D eigenvalue weighted by Crippen LogP contribution is -2.51. The lowest BCUT2D eigenvalue weighted by atomic mass is 9.55. The highest BCUT2D eigenvalue weighted by Gasteiger charge is 2.61. The molecule has 6 heteroatoms. The standard InChI is InChI=1S/C25H25N3O3/c1-26-10-12-27(13-11-26)19(29)14-28-24(30)22-20-15-6-2-3-7-16(15)21(23(22)25(28)31)18-9-5-4-8-17(18)20/h2-9,20-23H,10-14H2,1H3. The molecule has 2 heterocycles. The quantitative estimate of drug-likeness (QED) is 0.700. The maximum absolute atomic E-state index is 13.6. The van der Waals surface area contributed by atoms with E-state index in [9.17, 15) is 14.4 Å². The molecule has 0 N–H and O–H groups in total. The zero-order valence-corrected chi connectivity index (χ0v) is 17.5. The van der Waals surface area contributed by atoms with E-state index in [0.717, 1.165) is 35.3 Å². The number of rotatable bonds is 2. The third-order valence-electron chi connectivity index (χ3n) is 7.69. The number of carbonyl (C=O) groups excluding carboxylic acids is 3. The molecule has 3 amide bonds. The lowest BCUT2D eigenvalue weighted by molar-refractivity contribution is -0.147. The summed E-state index contributed by atoms with van der Waals surface area (Å²) in [5.74, 6) is -1.57. The van der Waals surface area contributed by atoms with Crippen LogP contribution in [0, 0.1) is 11.8 Å². The fraction of sp³-hybridized carbons (Fsp3) is 0.400. The topological polar surface area (TPSA) is 60.9 Å². The van der Waals surface area contributed by atoms with Crippen molar-refractivity contribution in [2.45, 2.75) is 11.8 Å². The Bertz CT molecular complexity index is 989. The molecule has 0 saturated carbocycles. The van der Waals surface area contributed by atoms with Crippen LogP contribution in [-0.4, -0.2) is 72.2 Å². The second-order valence-electron chi connectivity index (χ2n) is 9.21. The number of amides is 3. The van der Waals surface area contributed by atoms with E-state index in [0.29, 0.717) is 13.1 Å². The molecule has 6 nitrogen and oxygen atoms in total. The van der Waals surface area contributed by atoms with Gasteiger partial charge < -0.3 is 9.80 Å². The average molecular weight is 415 g/mol. The second kappa shape index (κ2) is 6.76. The molecular formula is C25H25N3O3. The van der Waals surface area contributed by atoms with Crippen LogP contribution >= 0.6 is 0 Å². The Morgan fingerprint density at radius 2 is 1.19 bits per heavy atom. The SMILES string of the molecule is CN1CCN(C(=O)CN2C(=O)C3C4c5ccccc5C(c5ccccc54)C3C2=O)CC1. The molecule has 7 rings (SSSR count). The maximum atomic E-state index is 13.6. The van der Waals surface area contributed by atoms with Crippen LogP contribution < -0.4 is 0 Å². The van der Waals surface area contributed by atoms with Crippen LogP contribution in [-0.2, 0) is 14.4 Å². The van der Waals surface area contributed by atoms with Gasteiger partial charge in [-0.25, -0.2) is 0 Å². The Labute approximate surface area is 181 Å². The molecule has 0 aromatic heterocycles. The second-order valence-corrected chi connectivity index (χ2v) is 9.21. The lowest BCUT2D eigenvalue weighted by Gasteiger charge is -2.45. The molecule has 2 aliphatic heterocycles. The highest BCUT2D eigenvalue weighted by Crippen LogP contribution is 2.60. The molecule has 2 atom stereocenters. The van der Waals surface area contributed by atoms with E-state index in [1.54, 1.807) is 4.90 Å². The number of likely N-dealkylation sites (N-methyl/N-ethyl adjacent to an activating group) is 1. The van der Waals surface area contributed by atoms with Gasteiger partial charge in [-0.2, -0.15) is 0 Å². The van der Waals surface area contributed by atoms with Gasteiger partial charge >= 0.3 is 0 Å². The minimum atomic E-state index is -0.414. The molecule has 158 valence electrons. The first-order chi connectivity index (χ1) is 15.1. The fourth-order valence-corrected chi connectivity index (χ4v) is 6.19. The van der Waals surface area contributed by atoms with Crippen molar-refractivity contribution in [3.05, 3.63) is 70.8 Å². The van der Waals surface area contributed by atoms with E-state index in [1.165, 1.54) is 4.90 Å². The molecular weight excluding hydrogens is 390 g/mol. The normalized spacial score (nSPS) is 29.1. The molecule has 0 spiro atoms. The van der Waals surface area contributed by atoms with Gasteiger partial charge in [-0.15, -0.1) is 0 Å². The Balaban J connectivity index is 1.36. The van der Waals surface area contributed by atoms with Gasteiger partial charge in [0.1, 0.15) is 6.54 Å². The fourth-order valence-electron chi connectivity index (χ4n) is 6.19. The molecule has 5 aliphatic rings. The monoisotopic (exact) mass is 415 g/mol. The third-order valence-corrected chi connectivity index (χ3v) is 7.69. The Hall–Kier alpha value is -2.99. The highest BCUT2D eigenvalue weighted by atomic mass is 16.2. The summed E-state index contributed by atoms with van der Waals surface area (Å²) >= 11 is 0. The molecule has 2 aromatic rings. The van der Waals surface area contributed by atoms with Crippen molar-refractivity contribution in [1.29, 1.82) is 0 Å². The van der Waals surface area contributed by atoms with E-state index in [2.05, 4.69) is 29.2 Å². The Morgan fingerprint density at radius 3 is 1.61 bits per heavy atom. The van der Waals surface area contributed by atoms with E-state index in [4.69, 9.17) is 0 Å². The van der Waals surface area contributed by atoms with Crippen LogP contribution in [0.1, 0.15) is 34.1 Å². The molecule has 2 aromatic carbocycles. The number of carbonyl (C=O) groups is 3. The largest absolute Gasteiger partial charge is 0.339 e. The van der Waals surface area contributed by atoms with Gasteiger partial charge in [0.25, 0.3) is 0 Å². The smallest absolute Gasteiger partial charge is 0.242 e. The first-order valence-electron chi connectivity index (χ1n) is 11.1. The average Bonchev–Trinajstić information content (AvgIpc) is 3.05. The van der Waals surface area contributed by atoms with Crippen molar-refractivity contribution in [3.63, 3.8) is 0 Å². The van der Waals surface area contributed by atoms with Crippen molar-refractivity contribution in [2.75, 3.05) is 39.8 Å². The van der Waals surface area contributed by atoms with Gasteiger partial charge in [0.05, 0.1) is 11.8 Å². The zero-order valence-electron chi connectivity index (χ0n) is 17.5. The first kappa shape index (κ1) is 18.8. The maximum Gasteiger partial charge on any atom is 0.242 e. The molecule has 2 unspecified atom stereocenters. The number of hydrogen-bond acceptors (Lipinski definition) is 4. The van der Waals surface area contributed by atoms with Crippen LogP contribution in [0.15, 0.2) is 48.5 Å². The highest BCUT2D eigenvalue weighted by molar-refractivity contribution is 6.09. The van der Waals surface area contributed by atoms with Gasteiger partial charge in [-0.3, -0.25) is 19.3 Å². The van der Waals surface area contributed by atoms with Crippen LogP contribution in [0.3, 0.4) is 0 Å². The van der Waals surface area contributed by atoms with Crippen LogP contribution in [0.4, 0.5) is 0 Å². The third kappa shape index (κ3) is 2.57. The first-order valence-corrected chi connectivity index (χ1v) is 11.1. The van der Waals surface area contributed by atoms with Gasteiger partial charge in [0.2, 0.25) is 17.7 Å². The number of imide groups is 1. The molecule has 2 bridgehead atoms. The van der Waals surface area contributed by atoms with Gasteiger partial charge in [-0.1, -0.05) is 48.5 Å². The summed E-state index contributed by atoms with van der Waals surface area (Å²) in [5.41, 5.74) is 4.61. The minimum absolute atomic E-state index is 0.123. The summed E-state index contributed by atoms with van der Waals surface area (Å²) in [6, 6.07) is 16.4. The van der Waals surface area contributed by atoms with Crippen LogP contribution in [0.2, 0.25) is 0 Å². The zero-order chi connectivity index (χ0) is 21.3. The van der Waals surface area contributed by atoms with Crippen molar-refractivity contribution in [2.24, 2.45) is 11.8 Å². The summed E-state index contributed by atoms with van der Waals surface area (Å²) < 4.78 is 0.